The molecule has 2 N–H and O–H groups in total. The molecule has 3 nitrogen and oxygen atoms in total. The molecule has 1 aliphatic carbocycles. The first-order chi connectivity index (χ1) is 8.58. The summed E-state index contributed by atoms with van der Waals surface area (Å²) in [6.45, 7) is 2.12. The Morgan fingerprint density at radius 3 is 2.78 bits per heavy atom. The first-order valence-corrected chi connectivity index (χ1v) is 6.37. The number of hydrogen-bond acceptors (Lipinski definition) is 2. The number of aromatic hydroxyl groups is 1. The van der Waals surface area contributed by atoms with Crippen LogP contribution < -0.4 is 5.32 Å². The van der Waals surface area contributed by atoms with Gasteiger partial charge in [0.15, 0.2) is 0 Å². The van der Waals surface area contributed by atoms with E-state index < -0.39 is 5.82 Å². The maximum absolute atomic E-state index is 12.8. The predicted octanol–water partition coefficient (Wildman–Crippen LogP) is 2.84. The molecule has 0 bridgehead atoms. The molecule has 1 fully saturated rings. The van der Waals surface area contributed by atoms with Crippen LogP contribution in [0.5, 0.6) is 5.75 Å². The molecule has 1 aliphatic rings. The maximum atomic E-state index is 12.8. The lowest BCUT2D eigenvalue weighted by Crippen LogP contribution is -2.41. The zero-order chi connectivity index (χ0) is 13.1. The molecule has 0 aromatic heterocycles. The number of benzene rings is 1. The SMILES string of the molecule is CC1CCCCC1NC(=O)c1ccc(F)cc1O. The Kier molecular flexibility index (Phi) is 3.84. The van der Waals surface area contributed by atoms with Gasteiger partial charge in [-0.25, -0.2) is 4.39 Å². The summed E-state index contributed by atoms with van der Waals surface area (Å²) in [4.78, 5) is 12.0. The average Bonchev–Trinajstić information content (AvgIpc) is 2.32. The summed E-state index contributed by atoms with van der Waals surface area (Å²) in [5, 5.41) is 12.5. The monoisotopic (exact) mass is 251 g/mol. The highest BCUT2D eigenvalue weighted by Crippen LogP contribution is 2.25. The third-order valence-electron chi connectivity index (χ3n) is 3.63. The second-order valence-electron chi connectivity index (χ2n) is 5.00. The minimum atomic E-state index is -0.546. The number of halogens is 1. The fourth-order valence-corrected chi connectivity index (χ4v) is 2.47. The van der Waals surface area contributed by atoms with E-state index in [4.69, 9.17) is 0 Å². The number of rotatable bonds is 2. The highest BCUT2D eigenvalue weighted by Gasteiger charge is 2.24. The van der Waals surface area contributed by atoms with Gasteiger partial charge in [0.2, 0.25) is 0 Å². The van der Waals surface area contributed by atoms with Crippen molar-refractivity contribution in [1.82, 2.24) is 5.32 Å². The molecule has 1 saturated carbocycles. The standard InChI is InChI=1S/C14H18FNO2/c1-9-4-2-3-5-12(9)16-14(18)11-7-6-10(15)8-13(11)17/h6-9,12,17H,2-5H2,1H3,(H,16,18). The Bertz CT molecular complexity index is 447. The Morgan fingerprint density at radius 2 is 2.11 bits per heavy atom. The van der Waals surface area contributed by atoms with Crippen molar-refractivity contribution in [3.8, 4) is 5.75 Å². The van der Waals surface area contributed by atoms with Crippen LogP contribution in [-0.4, -0.2) is 17.1 Å². The highest BCUT2D eigenvalue weighted by molar-refractivity contribution is 5.96. The van der Waals surface area contributed by atoms with Crippen LogP contribution >= 0.6 is 0 Å². The summed E-state index contributed by atoms with van der Waals surface area (Å²) in [6.07, 6.45) is 4.40. The number of hydrogen-bond donors (Lipinski definition) is 2. The number of phenolic OH excluding ortho intramolecular Hbond substituents is 1. The van der Waals surface area contributed by atoms with E-state index in [-0.39, 0.29) is 23.3 Å². The molecule has 2 atom stereocenters. The second-order valence-corrected chi connectivity index (χ2v) is 5.00. The molecule has 2 rings (SSSR count). The van der Waals surface area contributed by atoms with Gasteiger partial charge < -0.3 is 10.4 Å². The molecule has 0 aliphatic heterocycles. The first-order valence-electron chi connectivity index (χ1n) is 6.37. The van der Waals surface area contributed by atoms with Crippen molar-refractivity contribution in [2.75, 3.05) is 0 Å². The summed E-state index contributed by atoms with van der Waals surface area (Å²) in [5.74, 6) is -0.734. The zero-order valence-electron chi connectivity index (χ0n) is 10.4. The summed E-state index contributed by atoms with van der Waals surface area (Å²) in [5.41, 5.74) is 0.133. The van der Waals surface area contributed by atoms with Crippen molar-refractivity contribution in [3.05, 3.63) is 29.6 Å². The molecule has 0 spiro atoms. The van der Waals surface area contributed by atoms with Gasteiger partial charge in [-0.2, -0.15) is 0 Å². The molecule has 2 unspecified atom stereocenters. The molecule has 0 saturated heterocycles. The Morgan fingerprint density at radius 1 is 1.39 bits per heavy atom. The Hall–Kier alpha value is -1.58. The van der Waals surface area contributed by atoms with Gasteiger partial charge in [0.25, 0.3) is 5.91 Å². The third kappa shape index (κ3) is 2.81. The number of nitrogens with one attached hydrogen (secondary N) is 1. The van der Waals surface area contributed by atoms with E-state index in [1.54, 1.807) is 0 Å². The van der Waals surface area contributed by atoms with Gasteiger partial charge in [0.1, 0.15) is 11.6 Å². The summed E-state index contributed by atoms with van der Waals surface area (Å²) >= 11 is 0. The van der Waals surface area contributed by atoms with Gasteiger partial charge in [-0.05, 0) is 30.9 Å². The van der Waals surface area contributed by atoms with Crippen molar-refractivity contribution >= 4 is 5.91 Å². The number of carbonyl (C=O) groups is 1. The van der Waals surface area contributed by atoms with Gasteiger partial charge in [-0.1, -0.05) is 19.8 Å². The molecule has 1 amide bonds. The van der Waals surface area contributed by atoms with Gasteiger partial charge in [0.05, 0.1) is 5.56 Å². The minimum Gasteiger partial charge on any atom is -0.507 e. The Labute approximate surface area is 106 Å². The molecule has 18 heavy (non-hydrogen) atoms. The minimum absolute atomic E-state index is 0.133. The summed E-state index contributed by atoms with van der Waals surface area (Å²) < 4.78 is 12.8. The van der Waals surface area contributed by atoms with E-state index in [9.17, 15) is 14.3 Å². The lowest BCUT2D eigenvalue weighted by molar-refractivity contribution is 0.0907. The topological polar surface area (TPSA) is 49.3 Å². The van der Waals surface area contributed by atoms with Gasteiger partial charge in [-0.3, -0.25) is 4.79 Å². The smallest absolute Gasteiger partial charge is 0.255 e. The summed E-state index contributed by atoms with van der Waals surface area (Å²) in [6, 6.07) is 3.60. The number of amides is 1. The maximum Gasteiger partial charge on any atom is 0.255 e. The molecule has 0 radical (unpaired) electrons. The van der Waals surface area contributed by atoms with E-state index in [1.165, 1.54) is 18.6 Å². The molecule has 98 valence electrons. The fraction of sp³-hybridized carbons (Fsp3) is 0.500. The predicted molar refractivity (Wildman–Crippen MR) is 67.0 cm³/mol. The van der Waals surface area contributed by atoms with E-state index in [1.807, 2.05) is 0 Å². The third-order valence-corrected chi connectivity index (χ3v) is 3.63. The van der Waals surface area contributed by atoms with Gasteiger partial charge >= 0.3 is 0 Å². The van der Waals surface area contributed by atoms with Crippen molar-refractivity contribution < 1.29 is 14.3 Å². The van der Waals surface area contributed by atoms with E-state index in [2.05, 4.69) is 12.2 Å². The van der Waals surface area contributed by atoms with E-state index in [0.29, 0.717) is 5.92 Å². The zero-order valence-corrected chi connectivity index (χ0v) is 10.4. The first kappa shape index (κ1) is 12.9. The Balaban J connectivity index is 2.07. The van der Waals surface area contributed by atoms with Gasteiger partial charge in [0, 0.05) is 12.1 Å². The van der Waals surface area contributed by atoms with Crippen LogP contribution in [0.4, 0.5) is 4.39 Å². The van der Waals surface area contributed by atoms with Crippen LogP contribution in [0.1, 0.15) is 43.0 Å². The van der Waals surface area contributed by atoms with Crippen LogP contribution in [0.3, 0.4) is 0 Å². The molecule has 4 heteroatoms. The quantitative estimate of drug-likeness (QED) is 0.849. The van der Waals surface area contributed by atoms with Crippen molar-refractivity contribution in [2.24, 2.45) is 5.92 Å². The van der Waals surface area contributed by atoms with Crippen LogP contribution in [0, 0.1) is 11.7 Å². The van der Waals surface area contributed by atoms with Crippen LogP contribution in [0.2, 0.25) is 0 Å². The normalized spacial score (nSPS) is 23.7. The van der Waals surface area contributed by atoms with E-state index in [0.717, 1.165) is 25.3 Å². The fourth-order valence-electron chi connectivity index (χ4n) is 2.47. The van der Waals surface area contributed by atoms with Crippen LogP contribution in [0.25, 0.3) is 0 Å². The van der Waals surface area contributed by atoms with Gasteiger partial charge in [-0.15, -0.1) is 0 Å². The average molecular weight is 251 g/mol. The van der Waals surface area contributed by atoms with Crippen molar-refractivity contribution in [1.29, 1.82) is 0 Å². The molecule has 1 aromatic rings. The van der Waals surface area contributed by atoms with Crippen molar-refractivity contribution in [2.45, 2.75) is 38.6 Å². The number of phenols is 1. The second kappa shape index (κ2) is 5.38. The van der Waals surface area contributed by atoms with Crippen molar-refractivity contribution in [3.63, 3.8) is 0 Å². The number of carbonyl (C=O) groups excluding carboxylic acids is 1. The lowest BCUT2D eigenvalue weighted by atomic mass is 9.86. The molecular formula is C14H18FNO2. The van der Waals surface area contributed by atoms with Crippen LogP contribution in [-0.2, 0) is 0 Å². The highest BCUT2D eigenvalue weighted by atomic mass is 19.1. The molecule has 1 aromatic carbocycles. The van der Waals surface area contributed by atoms with Crippen LogP contribution in [0.15, 0.2) is 18.2 Å². The largest absolute Gasteiger partial charge is 0.507 e. The van der Waals surface area contributed by atoms with E-state index >= 15 is 0 Å². The summed E-state index contributed by atoms with van der Waals surface area (Å²) in [7, 11) is 0. The molecule has 0 heterocycles. The molecular weight excluding hydrogens is 233 g/mol. The lowest BCUT2D eigenvalue weighted by Gasteiger charge is -2.29.